The second kappa shape index (κ2) is 7.61. The summed E-state index contributed by atoms with van der Waals surface area (Å²) in [6.07, 6.45) is 0.175. The number of nitrogens with zero attached hydrogens (tertiary/aromatic N) is 1. The monoisotopic (exact) mass is 304 g/mol. The largest absolute Gasteiger partial charge is 0.497 e. The molecule has 0 aliphatic heterocycles. The zero-order valence-electron chi connectivity index (χ0n) is 13.0. The second-order valence-electron chi connectivity index (χ2n) is 4.76. The molecule has 6 heteroatoms. The van der Waals surface area contributed by atoms with Crippen molar-refractivity contribution >= 4 is 5.91 Å². The Balaban J connectivity index is 2.01. The molecule has 2 aromatic rings. The highest BCUT2D eigenvalue weighted by atomic mass is 16.5. The molecule has 118 valence electrons. The van der Waals surface area contributed by atoms with E-state index < -0.39 is 6.10 Å². The van der Waals surface area contributed by atoms with E-state index in [2.05, 4.69) is 10.5 Å². The number of benzene rings is 1. The number of amides is 1. The van der Waals surface area contributed by atoms with Gasteiger partial charge in [-0.1, -0.05) is 24.2 Å². The number of carbonyl (C=O) groups excluding carboxylic acids is 1. The van der Waals surface area contributed by atoms with Crippen LogP contribution >= 0.6 is 0 Å². The molecular formula is C16H20N2O4. The molecule has 1 aromatic heterocycles. The maximum atomic E-state index is 11.8. The second-order valence-corrected chi connectivity index (χ2v) is 4.76. The summed E-state index contributed by atoms with van der Waals surface area (Å²) in [6, 6.07) is 9.33. The van der Waals surface area contributed by atoms with Gasteiger partial charge in [0.2, 0.25) is 5.91 Å². The van der Waals surface area contributed by atoms with Gasteiger partial charge in [0.1, 0.15) is 17.5 Å². The molecule has 1 aromatic carbocycles. The van der Waals surface area contributed by atoms with Gasteiger partial charge in [0.25, 0.3) is 0 Å². The Morgan fingerprint density at radius 1 is 1.36 bits per heavy atom. The minimum absolute atomic E-state index is 0.163. The molecule has 6 nitrogen and oxygen atoms in total. The van der Waals surface area contributed by atoms with Crippen molar-refractivity contribution in [1.82, 2.24) is 10.5 Å². The van der Waals surface area contributed by atoms with Crippen LogP contribution in [0.25, 0.3) is 11.3 Å². The number of hydrogen-bond acceptors (Lipinski definition) is 5. The van der Waals surface area contributed by atoms with Crippen LogP contribution in [-0.2, 0) is 16.1 Å². The zero-order chi connectivity index (χ0) is 15.9. The summed E-state index contributed by atoms with van der Waals surface area (Å²) in [7, 11) is 3.13. The van der Waals surface area contributed by atoms with E-state index in [0.717, 1.165) is 11.3 Å². The molecule has 0 fully saturated rings. The predicted octanol–water partition coefficient (Wildman–Crippen LogP) is 2.39. The molecule has 0 saturated heterocycles. The summed E-state index contributed by atoms with van der Waals surface area (Å²) in [4.78, 5) is 11.8. The molecule has 0 radical (unpaired) electrons. The number of methoxy groups -OCH3 is 2. The number of hydrogen-bond donors (Lipinski definition) is 1. The maximum absolute atomic E-state index is 11.8. The Morgan fingerprint density at radius 3 is 2.86 bits per heavy atom. The van der Waals surface area contributed by atoms with E-state index in [9.17, 15) is 4.79 Å². The topological polar surface area (TPSA) is 73.6 Å². The molecule has 1 N–H and O–H groups in total. The lowest BCUT2D eigenvalue weighted by Gasteiger charge is -2.11. The predicted molar refractivity (Wildman–Crippen MR) is 81.4 cm³/mol. The van der Waals surface area contributed by atoms with Gasteiger partial charge in [-0.05, 0) is 18.6 Å². The highest BCUT2D eigenvalue weighted by Crippen LogP contribution is 2.23. The van der Waals surface area contributed by atoms with E-state index in [-0.39, 0.29) is 12.5 Å². The zero-order valence-corrected chi connectivity index (χ0v) is 13.0. The van der Waals surface area contributed by atoms with Crippen LogP contribution in [0.4, 0.5) is 0 Å². The van der Waals surface area contributed by atoms with Gasteiger partial charge in [-0.25, -0.2) is 0 Å². The van der Waals surface area contributed by atoms with Crippen molar-refractivity contribution in [2.24, 2.45) is 0 Å². The van der Waals surface area contributed by atoms with Gasteiger partial charge < -0.3 is 19.3 Å². The van der Waals surface area contributed by atoms with Crippen molar-refractivity contribution in [1.29, 1.82) is 0 Å². The smallest absolute Gasteiger partial charge is 0.249 e. The van der Waals surface area contributed by atoms with Gasteiger partial charge in [0, 0.05) is 18.7 Å². The molecule has 1 amide bonds. The standard InChI is InChI=1S/C16H20N2O4/c1-4-15(21-3)16(19)17-10-13-9-14(18-22-13)11-6-5-7-12(8-11)20-2/h5-9,15H,4,10H2,1-3H3,(H,17,19). The Kier molecular flexibility index (Phi) is 5.55. The molecular weight excluding hydrogens is 284 g/mol. The maximum Gasteiger partial charge on any atom is 0.249 e. The summed E-state index contributed by atoms with van der Waals surface area (Å²) in [6.45, 7) is 2.17. The van der Waals surface area contributed by atoms with E-state index in [1.165, 1.54) is 7.11 Å². The number of ether oxygens (including phenoxy) is 2. The lowest BCUT2D eigenvalue weighted by atomic mass is 10.1. The fraction of sp³-hybridized carbons (Fsp3) is 0.375. The first-order chi connectivity index (χ1) is 10.7. The van der Waals surface area contributed by atoms with Crippen LogP contribution in [-0.4, -0.2) is 31.4 Å². The minimum Gasteiger partial charge on any atom is -0.497 e. The molecule has 1 unspecified atom stereocenters. The fourth-order valence-electron chi connectivity index (χ4n) is 2.06. The quantitative estimate of drug-likeness (QED) is 0.850. The molecule has 0 spiro atoms. The van der Waals surface area contributed by atoms with Gasteiger partial charge >= 0.3 is 0 Å². The normalized spacial score (nSPS) is 12.0. The SMILES string of the molecule is CCC(OC)C(=O)NCc1cc(-c2cccc(OC)c2)no1. The van der Waals surface area contributed by atoms with Crippen molar-refractivity contribution in [2.75, 3.05) is 14.2 Å². The van der Waals surface area contributed by atoms with Gasteiger partial charge in [-0.15, -0.1) is 0 Å². The summed E-state index contributed by atoms with van der Waals surface area (Å²) < 4.78 is 15.5. The van der Waals surface area contributed by atoms with Crippen LogP contribution < -0.4 is 10.1 Å². The van der Waals surface area contributed by atoms with Crippen molar-refractivity contribution in [3.8, 4) is 17.0 Å². The molecule has 2 rings (SSSR count). The average molecular weight is 304 g/mol. The third kappa shape index (κ3) is 3.85. The third-order valence-electron chi connectivity index (χ3n) is 3.31. The Labute approximate surface area is 129 Å². The Morgan fingerprint density at radius 2 is 2.18 bits per heavy atom. The molecule has 0 saturated carbocycles. The highest BCUT2D eigenvalue weighted by molar-refractivity contribution is 5.80. The molecule has 1 heterocycles. The summed E-state index contributed by atoms with van der Waals surface area (Å²) >= 11 is 0. The molecule has 1 atom stereocenters. The van der Waals surface area contributed by atoms with E-state index in [1.54, 1.807) is 13.2 Å². The van der Waals surface area contributed by atoms with E-state index in [4.69, 9.17) is 14.0 Å². The summed E-state index contributed by atoms with van der Waals surface area (Å²) in [5.41, 5.74) is 1.59. The molecule has 0 bridgehead atoms. The van der Waals surface area contributed by atoms with Crippen LogP contribution in [0.3, 0.4) is 0 Å². The van der Waals surface area contributed by atoms with Gasteiger partial charge in [0.15, 0.2) is 5.76 Å². The summed E-state index contributed by atoms with van der Waals surface area (Å²) in [5, 5.41) is 6.78. The Bertz CT molecular complexity index is 620. The third-order valence-corrected chi connectivity index (χ3v) is 3.31. The first-order valence-electron chi connectivity index (χ1n) is 7.08. The lowest BCUT2D eigenvalue weighted by Crippen LogP contribution is -2.34. The highest BCUT2D eigenvalue weighted by Gasteiger charge is 2.16. The lowest BCUT2D eigenvalue weighted by molar-refractivity contribution is -0.131. The van der Waals surface area contributed by atoms with Crippen molar-refractivity contribution in [3.63, 3.8) is 0 Å². The van der Waals surface area contributed by atoms with Gasteiger partial charge in [-0.3, -0.25) is 4.79 Å². The minimum atomic E-state index is -0.444. The van der Waals surface area contributed by atoms with Crippen LogP contribution in [0.5, 0.6) is 5.75 Å². The number of carbonyl (C=O) groups is 1. The first kappa shape index (κ1) is 16.0. The molecule has 0 aliphatic rings. The van der Waals surface area contributed by atoms with E-state index in [1.807, 2.05) is 31.2 Å². The van der Waals surface area contributed by atoms with Gasteiger partial charge in [-0.2, -0.15) is 0 Å². The van der Waals surface area contributed by atoms with Crippen LogP contribution in [0.2, 0.25) is 0 Å². The van der Waals surface area contributed by atoms with E-state index >= 15 is 0 Å². The molecule has 0 aliphatic carbocycles. The average Bonchev–Trinajstić information content (AvgIpc) is 3.03. The van der Waals surface area contributed by atoms with Crippen LogP contribution in [0.15, 0.2) is 34.9 Å². The molecule has 22 heavy (non-hydrogen) atoms. The van der Waals surface area contributed by atoms with Crippen molar-refractivity contribution in [3.05, 3.63) is 36.1 Å². The van der Waals surface area contributed by atoms with Gasteiger partial charge in [0.05, 0.1) is 13.7 Å². The number of nitrogens with one attached hydrogen (secondary N) is 1. The van der Waals surface area contributed by atoms with Crippen LogP contribution in [0.1, 0.15) is 19.1 Å². The van der Waals surface area contributed by atoms with Crippen LogP contribution in [0, 0.1) is 0 Å². The number of aromatic nitrogens is 1. The fourth-order valence-corrected chi connectivity index (χ4v) is 2.06. The summed E-state index contributed by atoms with van der Waals surface area (Å²) in [5.74, 6) is 1.17. The number of rotatable bonds is 7. The Hall–Kier alpha value is -2.34. The van der Waals surface area contributed by atoms with Crippen molar-refractivity contribution < 1.29 is 18.8 Å². The van der Waals surface area contributed by atoms with Crippen molar-refractivity contribution in [2.45, 2.75) is 26.0 Å². The first-order valence-corrected chi connectivity index (χ1v) is 7.08. The van der Waals surface area contributed by atoms with E-state index in [0.29, 0.717) is 17.9 Å².